The molecule has 2 aromatic carbocycles. The van der Waals surface area contributed by atoms with E-state index in [4.69, 9.17) is 16.3 Å². The Bertz CT molecular complexity index is 761. The summed E-state index contributed by atoms with van der Waals surface area (Å²) in [5, 5.41) is 0.700. The maximum Gasteiger partial charge on any atom is 0.257 e. The monoisotopic (exact) mass is 386 g/mol. The van der Waals surface area contributed by atoms with Crippen molar-refractivity contribution in [2.75, 3.05) is 26.2 Å². The fourth-order valence-electron chi connectivity index (χ4n) is 3.34. The topological polar surface area (TPSA) is 32.8 Å². The van der Waals surface area contributed by atoms with E-state index >= 15 is 0 Å². The molecule has 0 aliphatic carbocycles. The fourth-order valence-corrected chi connectivity index (χ4v) is 3.46. The summed E-state index contributed by atoms with van der Waals surface area (Å²) in [6.07, 6.45) is 0.998. The second kappa shape index (κ2) is 9.25. The lowest BCUT2D eigenvalue weighted by Gasteiger charge is -2.25. The molecule has 1 fully saturated rings. The van der Waals surface area contributed by atoms with Gasteiger partial charge in [0.25, 0.3) is 5.91 Å². The van der Waals surface area contributed by atoms with Gasteiger partial charge in [-0.1, -0.05) is 35.9 Å². The van der Waals surface area contributed by atoms with Crippen molar-refractivity contribution < 1.29 is 9.53 Å². The predicted octanol–water partition coefficient (Wildman–Crippen LogP) is 4.48. The highest BCUT2D eigenvalue weighted by molar-refractivity contribution is 6.30. The molecule has 0 unspecified atom stereocenters. The number of carbonyl (C=O) groups excluding carboxylic acids is 1. The SMILES string of the molecule is CC(C)N1CCCN(C(=O)c2ccccc2OCc2ccc(Cl)cc2)CC1. The van der Waals surface area contributed by atoms with Gasteiger partial charge in [-0.2, -0.15) is 0 Å². The lowest BCUT2D eigenvalue weighted by Crippen LogP contribution is -2.37. The van der Waals surface area contributed by atoms with E-state index in [0.29, 0.717) is 29.0 Å². The van der Waals surface area contributed by atoms with Crippen LogP contribution in [-0.4, -0.2) is 47.9 Å². The molecule has 144 valence electrons. The maximum atomic E-state index is 13.1. The van der Waals surface area contributed by atoms with Gasteiger partial charge in [-0.15, -0.1) is 0 Å². The fraction of sp³-hybridized carbons (Fsp3) is 0.409. The molecule has 5 heteroatoms. The molecular formula is C22H27ClN2O2. The lowest BCUT2D eigenvalue weighted by molar-refractivity contribution is 0.0754. The molecule has 3 rings (SSSR count). The standard InChI is InChI=1S/C22H27ClN2O2/c1-17(2)24-12-5-13-25(15-14-24)22(26)20-6-3-4-7-21(20)27-16-18-8-10-19(23)11-9-18/h3-4,6-11,17H,5,12-16H2,1-2H3. The maximum absolute atomic E-state index is 13.1. The molecule has 0 bridgehead atoms. The number of amides is 1. The van der Waals surface area contributed by atoms with Crippen molar-refractivity contribution in [2.24, 2.45) is 0 Å². The smallest absolute Gasteiger partial charge is 0.257 e. The van der Waals surface area contributed by atoms with E-state index < -0.39 is 0 Å². The zero-order valence-corrected chi connectivity index (χ0v) is 16.8. The van der Waals surface area contributed by atoms with Gasteiger partial charge in [0.1, 0.15) is 12.4 Å². The second-order valence-electron chi connectivity index (χ2n) is 7.19. The average Bonchev–Trinajstić information content (AvgIpc) is 2.94. The number of rotatable bonds is 5. The van der Waals surface area contributed by atoms with Crippen LogP contribution < -0.4 is 4.74 Å². The number of halogens is 1. The minimum atomic E-state index is 0.0484. The molecule has 2 aromatic rings. The molecule has 0 saturated carbocycles. The number of hydrogen-bond donors (Lipinski definition) is 0. The summed E-state index contributed by atoms with van der Waals surface area (Å²) >= 11 is 5.93. The number of ether oxygens (including phenoxy) is 1. The molecule has 0 atom stereocenters. The molecule has 4 nitrogen and oxygen atoms in total. The van der Waals surface area contributed by atoms with Crippen LogP contribution in [0.4, 0.5) is 0 Å². The number of para-hydroxylation sites is 1. The molecular weight excluding hydrogens is 360 g/mol. The van der Waals surface area contributed by atoms with Crippen molar-refractivity contribution in [2.45, 2.75) is 32.9 Å². The third-order valence-electron chi connectivity index (χ3n) is 4.97. The Morgan fingerprint density at radius 1 is 1.04 bits per heavy atom. The summed E-state index contributed by atoms with van der Waals surface area (Å²) in [5.41, 5.74) is 1.65. The van der Waals surface area contributed by atoms with Crippen LogP contribution in [0.15, 0.2) is 48.5 Å². The molecule has 1 aliphatic rings. The van der Waals surface area contributed by atoms with Gasteiger partial charge in [0.2, 0.25) is 0 Å². The van der Waals surface area contributed by atoms with E-state index in [1.807, 2.05) is 53.4 Å². The second-order valence-corrected chi connectivity index (χ2v) is 7.62. The summed E-state index contributed by atoms with van der Waals surface area (Å²) in [4.78, 5) is 17.5. The summed E-state index contributed by atoms with van der Waals surface area (Å²) in [6, 6.07) is 15.6. The molecule has 27 heavy (non-hydrogen) atoms. The van der Waals surface area contributed by atoms with Crippen LogP contribution in [0.3, 0.4) is 0 Å². The van der Waals surface area contributed by atoms with E-state index in [1.54, 1.807) is 0 Å². The number of benzene rings is 2. The molecule has 1 heterocycles. The highest BCUT2D eigenvalue weighted by Crippen LogP contribution is 2.22. The molecule has 0 N–H and O–H groups in total. The number of nitrogens with zero attached hydrogens (tertiary/aromatic N) is 2. The lowest BCUT2D eigenvalue weighted by atomic mass is 10.1. The third kappa shape index (κ3) is 5.24. The van der Waals surface area contributed by atoms with E-state index in [1.165, 1.54) is 0 Å². The zero-order chi connectivity index (χ0) is 19.2. The van der Waals surface area contributed by atoms with Crippen molar-refractivity contribution in [3.8, 4) is 5.75 Å². The van der Waals surface area contributed by atoms with Gasteiger partial charge < -0.3 is 9.64 Å². The Morgan fingerprint density at radius 3 is 2.52 bits per heavy atom. The highest BCUT2D eigenvalue weighted by atomic mass is 35.5. The predicted molar refractivity (Wildman–Crippen MR) is 109 cm³/mol. The van der Waals surface area contributed by atoms with Gasteiger partial charge in [0.05, 0.1) is 5.56 Å². The van der Waals surface area contributed by atoms with Crippen molar-refractivity contribution in [3.63, 3.8) is 0 Å². The van der Waals surface area contributed by atoms with Crippen LogP contribution in [-0.2, 0) is 6.61 Å². The first-order chi connectivity index (χ1) is 13.0. The van der Waals surface area contributed by atoms with Gasteiger partial charge >= 0.3 is 0 Å². The van der Waals surface area contributed by atoms with E-state index in [-0.39, 0.29) is 5.91 Å². The van der Waals surface area contributed by atoms with Crippen LogP contribution in [0.25, 0.3) is 0 Å². The van der Waals surface area contributed by atoms with Gasteiger partial charge in [0.15, 0.2) is 0 Å². The summed E-state index contributed by atoms with van der Waals surface area (Å²) < 4.78 is 5.96. The van der Waals surface area contributed by atoms with Gasteiger partial charge in [-0.3, -0.25) is 9.69 Å². The summed E-state index contributed by atoms with van der Waals surface area (Å²) in [7, 11) is 0. The first-order valence-electron chi connectivity index (χ1n) is 9.54. The number of hydrogen-bond acceptors (Lipinski definition) is 3. The molecule has 0 spiro atoms. The summed E-state index contributed by atoms with van der Waals surface area (Å²) in [5.74, 6) is 0.676. The Kier molecular flexibility index (Phi) is 6.75. The molecule has 1 aliphatic heterocycles. The van der Waals surface area contributed by atoms with Crippen LogP contribution in [0.1, 0.15) is 36.2 Å². The quantitative estimate of drug-likeness (QED) is 0.759. The minimum Gasteiger partial charge on any atom is -0.488 e. The van der Waals surface area contributed by atoms with Crippen molar-refractivity contribution in [1.82, 2.24) is 9.80 Å². The van der Waals surface area contributed by atoms with Crippen LogP contribution in [0, 0.1) is 0 Å². The summed E-state index contributed by atoms with van der Waals surface area (Å²) in [6.45, 7) is 8.31. The highest BCUT2D eigenvalue weighted by Gasteiger charge is 2.23. The molecule has 1 saturated heterocycles. The number of carbonyl (C=O) groups is 1. The van der Waals surface area contributed by atoms with Crippen molar-refractivity contribution >= 4 is 17.5 Å². The van der Waals surface area contributed by atoms with E-state index in [9.17, 15) is 4.79 Å². The molecule has 1 amide bonds. The molecule has 0 radical (unpaired) electrons. The Labute approximate surface area is 166 Å². The zero-order valence-electron chi connectivity index (χ0n) is 16.0. The van der Waals surface area contributed by atoms with Crippen molar-refractivity contribution in [3.05, 3.63) is 64.7 Å². The first-order valence-corrected chi connectivity index (χ1v) is 9.92. The molecule has 0 aromatic heterocycles. The van der Waals surface area contributed by atoms with E-state index in [0.717, 1.165) is 38.2 Å². The van der Waals surface area contributed by atoms with Crippen LogP contribution >= 0.6 is 11.6 Å². The van der Waals surface area contributed by atoms with E-state index in [2.05, 4.69) is 18.7 Å². The first kappa shape index (κ1) is 19.7. The van der Waals surface area contributed by atoms with Gasteiger partial charge in [-0.05, 0) is 50.1 Å². The van der Waals surface area contributed by atoms with Gasteiger partial charge in [0, 0.05) is 37.2 Å². The average molecular weight is 387 g/mol. The largest absolute Gasteiger partial charge is 0.488 e. The van der Waals surface area contributed by atoms with Crippen molar-refractivity contribution in [1.29, 1.82) is 0 Å². The van der Waals surface area contributed by atoms with Crippen LogP contribution in [0.5, 0.6) is 5.75 Å². The Hall–Kier alpha value is -2.04. The van der Waals surface area contributed by atoms with Crippen LogP contribution in [0.2, 0.25) is 5.02 Å². The minimum absolute atomic E-state index is 0.0484. The Balaban J connectivity index is 1.69. The third-order valence-corrected chi connectivity index (χ3v) is 5.23. The Morgan fingerprint density at radius 2 is 1.78 bits per heavy atom. The normalized spacial score (nSPS) is 15.6. The van der Waals surface area contributed by atoms with Gasteiger partial charge in [-0.25, -0.2) is 0 Å².